The molecule has 35 heavy (non-hydrogen) atoms. The molecule has 4 atom stereocenters. The van der Waals surface area contributed by atoms with Gasteiger partial charge in [-0.25, -0.2) is 4.79 Å². The molecule has 0 fully saturated rings. The van der Waals surface area contributed by atoms with Crippen molar-refractivity contribution in [1.82, 2.24) is 16.0 Å². The lowest BCUT2D eigenvalue weighted by atomic mass is 10.1. The molecule has 17 heteroatoms. The minimum atomic E-state index is -1.77. The summed E-state index contributed by atoms with van der Waals surface area (Å²) in [6.07, 6.45) is -3.11. The van der Waals surface area contributed by atoms with Crippen molar-refractivity contribution in [2.75, 3.05) is 0 Å². The molecule has 0 aromatic rings. The number of nitrogens with two attached hydrogens (primary N) is 4. The van der Waals surface area contributed by atoms with Crippen LogP contribution in [0.25, 0.3) is 0 Å². The maximum atomic E-state index is 12.7. The molecule has 0 saturated heterocycles. The molecule has 0 rings (SSSR count). The summed E-state index contributed by atoms with van der Waals surface area (Å²) in [5.74, 6) is -9.07. The number of carboxylic acids is 2. The van der Waals surface area contributed by atoms with Gasteiger partial charge in [0.05, 0.1) is 18.9 Å². The van der Waals surface area contributed by atoms with Gasteiger partial charge < -0.3 is 49.1 Å². The number of amides is 6. The molecular weight excluding hydrogens is 474 g/mol. The second-order valence-corrected chi connectivity index (χ2v) is 7.41. The van der Waals surface area contributed by atoms with Crippen LogP contribution >= 0.6 is 0 Å². The van der Waals surface area contributed by atoms with Gasteiger partial charge in [0.15, 0.2) is 0 Å². The third-order valence-corrected chi connectivity index (χ3v) is 4.38. The normalized spacial score (nSPS) is 13.9. The van der Waals surface area contributed by atoms with Crippen LogP contribution in [0.15, 0.2) is 0 Å². The third-order valence-electron chi connectivity index (χ3n) is 4.38. The summed E-state index contributed by atoms with van der Waals surface area (Å²) >= 11 is 0. The van der Waals surface area contributed by atoms with Gasteiger partial charge in [0.25, 0.3) is 0 Å². The zero-order chi connectivity index (χ0) is 27.3. The van der Waals surface area contributed by atoms with Crippen LogP contribution < -0.4 is 38.9 Å². The van der Waals surface area contributed by atoms with E-state index in [1.54, 1.807) is 0 Å². The smallest absolute Gasteiger partial charge is 0.326 e. The quantitative estimate of drug-likeness (QED) is 0.0902. The molecule has 0 spiro atoms. The average molecular weight is 503 g/mol. The fourth-order valence-corrected chi connectivity index (χ4v) is 2.60. The number of carboxylic acid groups (broad SMARTS) is 2. The number of carbonyl (C=O) groups is 8. The zero-order valence-electron chi connectivity index (χ0n) is 18.5. The van der Waals surface area contributed by atoms with Gasteiger partial charge in [-0.15, -0.1) is 0 Å². The van der Waals surface area contributed by atoms with Crippen LogP contribution in [0.3, 0.4) is 0 Å². The molecule has 0 bridgehead atoms. The van der Waals surface area contributed by atoms with E-state index < -0.39 is 97.2 Å². The molecule has 0 aliphatic carbocycles. The van der Waals surface area contributed by atoms with Crippen molar-refractivity contribution in [3.8, 4) is 0 Å². The number of aliphatic carboxylic acids is 2. The van der Waals surface area contributed by atoms with E-state index in [0.29, 0.717) is 0 Å². The molecule has 0 heterocycles. The molecule has 0 aromatic heterocycles. The lowest BCUT2D eigenvalue weighted by molar-refractivity contribution is -0.144. The Balaban J connectivity index is 5.59. The SMILES string of the molecule is NC(=O)CCC(N)C(=O)NC(CC(N)=O)C(=O)NC(CCC(=O)O)C(=O)NC(CC(N)=O)C(=O)O. The Morgan fingerprint density at radius 1 is 0.600 bits per heavy atom. The minimum absolute atomic E-state index is 0.174. The Bertz CT molecular complexity index is 863. The van der Waals surface area contributed by atoms with Gasteiger partial charge in [-0.2, -0.15) is 0 Å². The number of carbonyl (C=O) groups excluding carboxylic acids is 6. The first-order chi connectivity index (χ1) is 16.1. The van der Waals surface area contributed by atoms with E-state index in [0.717, 1.165) is 0 Å². The summed E-state index contributed by atoms with van der Waals surface area (Å²) < 4.78 is 0. The van der Waals surface area contributed by atoms with Gasteiger partial charge >= 0.3 is 11.9 Å². The summed E-state index contributed by atoms with van der Waals surface area (Å²) in [5.41, 5.74) is 20.6. The number of nitrogens with one attached hydrogen (secondary N) is 3. The van der Waals surface area contributed by atoms with Gasteiger partial charge in [0.2, 0.25) is 35.4 Å². The van der Waals surface area contributed by atoms with Crippen molar-refractivity contribution in [3.05, 3.63) is 0 Å². The Morgan fingerprint density at radius 2 is 1.06 bits per heavy atom. The predicted octanol–water partition coefficient (Wildman–Crippen LogP) is -5.27. The zero-order valence-corrected chi connectivity index (χ0v) is 18.5. The van der Waals surface area contributed by atoms with Crippen molar-refractivity contribution < 1.29 is 48.6 Å². The van der Waals surface area contributed by atoms with Crippen molar-refractivity contribution in [3.63, 3.8) is 0 Å². The minimum Gasteiger partial charge on any atom is -0.481 e. The highest BCUT2D eigenvalue weighted by Crippen LogP contribution is 2.04. The largest absolute Gasteiger partial charge is 0.481 e. The first kappa shape index (κ1) is 30.7. The first-order valence-electron chi connectivity index (χ1n) is 10.1. The van der Waals surface area contributed by atoms with Crippen LogP contribution in [0.4, 0.5) is 0 Å². The molecule has 6 amide bonds. The van der Waals surface area contributed by atoms with Crippen LogP contribution in [-0.2, 0) is 38.4 Å². The van der Waals surface area contributed by atoms with Crippen molar-refractivity contribution in [2.24, 2.45) is 22.9 Å². The van der Waals surface area contributed by atoms with Gasteiger partial charge in [-0.3, -0.25) is 33.6 Å². The molecule has 0 aliphatic heterocycles. The molecule has 0 saturated carbocycles. The maximum Gasteiger partial charge on any atom is 0.326 e. The third kappa shape index (κ3) is 13.1. The highest BCUT2D eigenvalue weighted by molar-refractivity contribution is 5.96. The molecule has 0 aliphatic rings. The van der Waals surface area contributed by atoms with Gasteiger partial charge in [-0.05, 0) is 12.8 Å². The van der Waals surface area contributed by atoms with Crippen LogP contribution in [0.1, 0.15) is 38.5 Å². The molecule has 4 unspecified atom stereocenters. The summed E-state index contributed by atoms with van der Waals surface area (Å²) in [5, 5.41) is 24.2. The highest BCUT2D eigenvalue weighted by Gasteiger charge is 2.31. The fourth-order valence-electron chi connectivity index (χ4n) is 2.60. The monoisotopic (exact) mass is 503 g/mol. The Kier molecular flexibility index (Phi) is 13.0. The topological polar surface area (TPSA) is 317 Å². The number of rotatable bonds is 17. The lowest BCUT2D eigenvalue weighted by Gasteiger charge is -2.24. The summed E-state index contributed by atoms with van der Waals surface area (Å²) in [4.78, 5) is 92.9. The fraction of sp³-hybridized carbons (Fsp3) is 0.556. The first-order valence-corrected chi connectivity index (χ1v) is 10.1. The molecular formula is C18H29N7O10. The summed E-state index contributed by atoms with van der Waals surface area (Å²) in [6.45, 7) is 0. The molecule has 196 valence electrons. The van der Waals surface area contributed by atoms with Crippen LogP contribution in [0.2, 0.25) is 0 Å². The van der Waals surface area contributed by atoms with Gasteiger partial charge in [-0.1, -0.05) is 0 Å². The Morgan fingerprint density at radius 3 is 1.51 bits per heavy atom. The molecule has 13 N–H and O–H groups in total. The Labute approximate surface area is 198 Å². The van der Waals surface area contributed by atoms with E-state index in [-0.39, 0.29) is 12.8 Å². The second-order valence-electron chi connectivity index (χ2n) is 7.41. The Hall–Kier alpha value is -4.28. The summed E-state index contributed by atoms with van der Waals surface area (Å²) in [7, 11) is 0. The molecule has 0 aromatic carbocycles. The predicted molar refractivity (Wildman–Crippen MR) is 114 cm³/mol. The lowest BCUT2D eigenvalue weighted by Crippen LogP contribution is -2.58. The van der Waals surface area contributed by atoms with Gasteiger partial charge in [0, 0.05) is 12.8 Å². The standard InChI is InChI=1S/C18H29N7O10/c19-7(1-3-11(20)26)15(31)24-9(5-12(21)27)17(33)23-8(2-4-14(29)30)16(32)25-10(18(34)35)6-13(22)28/h7-10H,1-6,19H2,(H2,20,26)(H2,21,27)(H2,22,28)(H,23,33)(H,24,31)(H,25,32)(H,29,30)(H,34,35). The average Bonchev–Trinajstić information content (AvgIpc) is 2.72. The van der Waals surface area contributed by atoms with E-state index in [1.165, 1.54) is 0 Å². The number of primary amides is 3. The van der Waals surface area contributed by atoms with E-state index in [9.17, 15) is 38.4 Å². The van der Waals surface area contributed by atoms with E-state index in [4.69, 9.17) is 33.1 Å². The second kappa shape index (κ2) is 14.8. The van der Waals surface area contributed by atoms with Gasteiger partial charge in [0.1, 0.15) is 18.1 Å². The summed E-state index contributed by atoms with van der Waals surface area (Å²) in [6, 6.07) is -6.36. The van der Waals surface area contributed by atoms with Crippen LogP contribution in [0, 0.1) is 0 Å². The van der Waals surface area contributed by atoms with E-state index >= 15 is 0 Å². The maximum absolute atomic E-state index is 12.7. The van der Waals surface area contributed by atoms with E-state index in [1.807, 2.05) is 5.32 Å². The van der Waals surface area contributed by atoms with E-state index in [2.05, 4.69) is 10.6 Å². The van der Waals surface area contributed by atoms with Crippen molar-refractivity contribution in [2.45, 2.75) is 62.7 Å². The molecule has 17 nitrogen and oxygen atoms in total. The molecule has 0 radical (unpaired) electrons. The van der Waals surface area contributed by atoms with Crippen molar-refractivity contribution in [1.29, 1.82) is 0 Å². The highest BCUT2D eigenvalue weighted by atomic mass is 16.4. The van der Waals surface area contributed by atoms with Crippen molar-refractivity contribution >= 4 is 47.4 Å². The van der Waals surface area contributed by atoms with Crippen LogP contribution in [0.5, 0.6) is 0 Å². The van der Waals surface area contributed by atoms with Crippen LogP contribution in [-0.4, -0.2) is 81.8 Å². The number of hydrogen-bond acceptors (Lipinski definition) is 9. The number of hydrogen-bond donors (Lipinski definition) is 9.